The number of alkyl halides is 1. The van der Waals surface area contributed by atoms with Gasteiger partial charge in [0, 0.05) is 18.5 Å². The van der Waals surface area contributed by atoms with Crippen molar-refractivity contribution in [2.45, 2.75) is 64.0 Å². The molecule has 0 aromatic rings. The van der Waals surface area contributed by atoms with E-state index >= 15 is 0 Å². The van der Waals surface area contributed by atoms with E-state index in [0.717, 1.165) is 13.0 Å². The van der Waals surface area contributed by atoms with Crippen LogP contribution in [0.5, 0.6) is 0 Å². The molecule has 0 bridgehead atoms. The van der Waals surface area contributed by atoms with Crippen LogP contribution in [0.2, 0.25) is 0 Å². The molecule has 2 aliphatic heterocycles. The molecule has 2 nitrogen and oxygen atoms in total. The van der Waals surface area contributed by atoms with Crippen molar-refractivity contribution in [3.05, 3.63) is 0 Å². The molecule has 1 unspecified atom stereocenters. The average molecular weight is 215 g/mol. The van der Waals surface area contributed by atoms with Crippen molar-refractivity contribution >= 4 is 0 Å². The number of rotatable bonds is 3. The van der Waals surface area contributed by atoms with Crippen LogP contribution < -0.4 is 0 Å². The van der Waals surface area contributed by atoms with Crippen LogP contribution in [0.1, 0.15) is 40.0 Å². The van der Waals surface area contributed by atoms with Gasteiger partial charge >= 0.3 is 0 Å². The normalized spacial score (nSPS) is 38.6. The zero-order valence-electron chi connectivity index (χ0n) is 10.0. The fraction of sp³-hybridized carbons (Fsp3) is 1.00. The third kappa shape index (κ3) is 1.92. The molecule has 2 saturated heterocycles. The van der Waals surface area contributed by atoms with Crippen LogP contribution in [-0.4, -0.2) is 41.9 Å². The van der Waals surface area contributed by atoms with Gasteiger partial charge in [-0.25, -0.2) is 4.39 Å². The highest BCUT2D eigenvalue weighted by Crippen LogP contribution is 2.43. The molecule has 0 N–H and O–H groups in total. The summed E-state index contributed by atoms with van der Waals surface area (Å²) in [5.74, 6) is 0. The Hall–Kier alpha value is -0.150. The van der Waals surface area contributed by atoms with Gasteiger partial charge in [0.2, 0.25) is 0 Å². The quantitative estimate of drug-likeness (QED) is 0.716. The predicted molar refractivity (Wildman–Crippen MR) is 58.7 cm³/mol. The number of halogens is 1. The van der Waals surface area contributed by atoms with Gasteiger partial charge in [0.05, 0.1) is 12.2 Å². The van der Waals surface area contributed by atoms with E-state index in [0.29, 0.717) is 13.0 Å². The highest BCUT2D eigenvalue weighted by molar-refractivity contribution is 5.07. The highest BCUT2D eigenvalue weighted by Gasteiger charge is 2.52. The van der Waals surface area contributed by atoms with E-state index in [-0.39, 0.29) is 17.7 Å². The number of nitrogens with zero attached hydrogens (tertiary/aromatic N) is 1. The van der Waals surface area contributed by atoms with E-state index in [1.54, 1.807) is 0 Å². The number of ether oxygens (including phenoxy) is 1. The van der Waals surface area contributed by atoms with E-state index in [1.165, 1.54) is 6.42 Å². The lowest BCUT2D eigenvalue weighted by Crippen LogP contribution is -2.49. The van der Waals surface area contributed by atoms with Crippen LogP contribution in [0, 0.1) is 0 Å². The second-order valence-electron chi connectivity index (χ2n) is 5.28. The average Bonchev–Trinajstić information content (AvgIpc) is 2.58. The van der Waals surface area contributed by atoms with Crippen LogP contribution >= 0.6 is 0 Å². The van der Waals surface area contributed by atoms with Gasteiger partial charge in [0.25, 0.3) is 0 Å². The Morgan fingerprint density at radius 3 is 2.80 bits per heavy atom. The standard InChI is InChI=1S/C12H22FNO/c1-9(2)15-10(3)12-5-4-6-14(12)8-11(13)7-12/h9-11H,4-8H2,1-3H3/t10-,11+,12?/m0/s1. The third-order valence-electron chi connectivity index (χ3n) is 3.89. The van der Waals surface area contributed by atoms with Crippen LogP contribution in [0.25, 0.3) is 0 Å². The molecule has 2 aliphatic rings. The van der Waals surface area contributed by atoms with Crippen LogP contribution in [-0.2, 0) is 4.74 Å². The van der Waals surface area contributed by atoms with Crippen molar-refractivity contribution in [1.29, 1.82) is 0 Å². The largest absolute Gasteiger partial charge is 0.374 e. The van der Waals surface area contributed by atoms with Crippen LogP contribution in [0.15, 0.2) is 0 Å². The van der Waals surface area contributed by atoms with Gasteiger partial charge < -0.3 is 4.74 Å². The molecule has 2 fully saturated rings. The Kier molecular flexibility index (Phi) is 3.04. The van der Waals surface area contributed by atoms with Crippen molar-refractivity contribution in [1.82, 2.24) is 4.90 Å². The molecule has 88 valence electrons. The van der Waals surface area contributed by atoms with E-state index in [2.05, 4.69) is 11.8 Å². The molecule has 3 heteroatoms. The maximum atomic E-state index is 13.5. The van der Waals surface area contributed by atoms with Gasteiger partial charge in [0.1, 0.15) is 6.17 Å². The molecule has 0 aromatic carbocycles. The van der Waals surface area contributed by atoms with E-state index in [1.807, 2.05) is 13.8 Å². The summed E-state index contributed by atoms with van der Waals surface area (Å²) in [7, 11) is 0. The number of hydrogen-bond acceptors (Lipinski definition) is 2. The molecular formula is C12H22FNO. The fourth-order valence-electron chi connectivity index (χ4n) is 3.31. The lowest BCUT2D eigenvalue weighted by molar-refractivity contribution is -0.0604. The Bertz CT molecular complexity index is 234. The molecule has 15 heavy (non-hydrogen) atoms. The second-order valence-corrected chi connectivity index (χ2v) is 5.28. The van der Waals surface area contributed by atoms with Gasteiger partial charge in [-0.3, -0.25) is 4.90 Å². The first-order valence-corrected chi connectivity index (χ1v) is 6.09. The smallest absolute Gasteiger partial charge is 0.115 e. The van der Waals surface area contributed by atoms with Gasteiger partial charge in [-0.15, -0.1) is 0 Å². The first-order chi connectivity index (χ1) is 7.04. The fourth-order valence-corrected chi connectivity index (χ4v) is 3.31. The minimum atomic E-state index is -0.650. The molecule has 0 spiro atoms. The first kappa shape index (κ1) is 11.3. The molecule has 0 amide bonds. The summed E-state index contributed by atoms with van der Waals surface area (Å²) in [6, 6.07) is 0. The Morgan fingerprint density at radius 2 is 2.13 bits per heavy atom. The molecular weight excluding hydrogens is 193 g/mol. The Labute approximate surface area is 91.8 Å². The summed E-state index contributed by atoms with van der Waals surface area (Å²) in [6.45, 7) is 7.87. The number of fused-ring (bicyclic) bond motifs is 1. The summed E-state index contributed by atoms with van der Waals surface area (Å²) in [4.78, 5) is 2.31. The molecule has 0 radical (unpaired) electrons. The van der Waals surface area contributed by atoms with E-state index < -0.39 is 6.17 Å². The molecule has 2 rings (SSSR count). The first-order valence-electron chi connectivity index (χ1n) is 6.09. The van der Waals surface area contributed by atoms with Crippen LogP contribution in [0.4, 0.5) is 4.39 Å². The third-order valence-corrected chi connectivity index (χ3v) is 3.89. The summed E-state index contributed by atoms with van der Waals surface area (Å²) in [5, 5.41) is 0. The molecule has 0 saturated carbocycles. The van der Waals surface area contributed by atoms with Gasteiger partial charge in [-0.2, -0.15) is 0 Å². The van der Waals surface area contributed by atoms with Crippen LogP contribution in [0.3, 0.4) is 0 Å². The Morgan fingerprint density at radius 1 is 1.40 bits per heavy atom. The molecule has 0 aromatic heterocycles. The van der Waals surface area contributed by atoms with Crippen molar-refractivity contribution in [3.8, 4) is 0 Å². The van der Waals surface area contributed by atoms with Crippen molar-refractivity contribution in [2.75, 3.05) is 13.1 Å². The van der Waals surface area contributed by atoms with Crippen molar-refractivity contribution < 1.29 is 9.13 Å². The van der Waals surface area contributed by atoms with Crippen molar-refractivity contribution in [3.63, 3.8) is 0 Å². The molecule has 2 heterocycles. The van der Waals surface area contributed by atoms with Gasteiger partial charge in [0.15, 0.2) is 0 Å². The highest BCUT2D eigenvalue weighted by atomic mass is 19.1. The lowest BCUT2D eigenvalue weighted by atomic mass is 9.88. The minimum Gasteiger partial charge on any atom is -0.374 e. The SMILES string of the molecule is CC(C)O[C@@H](C)C12CCCN1C[C@H](F)C2. The molecule has 0 aliphatic carbocycles. The summed E-state index contributed by atoms with van der Waals surface area (Å²) in [5.41, 5.74) is 0.00366. The maximum absolute atomic E-state index is 13.5. The topological polar surface area (TPSA) is 12.5 Å². The summed E-state index contributed by atoms with van der Waals surface area (Å²) >= 11 is 0. The van der Waals surface area contributed by atoms with Crippen molar-refractivity contribution in [2.24, 2.45) is 0 Å². The van der Waals surface area contributed by atoms with Gasteiger partial charge in [-0.1, -0.05) is 0 Å². The summed E-state index contributed by atoms with van der Waals surface area (Å²) in [6.07, 6.45) is 2.69. The maximum Gasteiger partial charge on any atom is 0.115 e. The zero-order chi connectivity index (χ0) is 11.1. The second kappa shape index (κ2) is 4.02. The zero-order valence-corrected chi connectivity index (χ0v) is 10.0. The monoisotopic (exact) mass is 215 g/mol. The lowest BCUT2D eigenvalue weighted by Gasteiger charge is -2.38. The minimum absolute atomic E-state index is 0.00366. The van der Waals surface area contributed by atoms with E-state index in [9.17, 15) is 4.39 Å². The predicted octanol–water partition coefficient (Wildman–Crippen LogP) is 2.38. The Balaban J connectivity index is 2.09. The number of hydrogen-bond donors (Lipinski definition) is 0. The summed E-state index contributed by atoms with van der Waals surface area (Å²) < 4.78 is 19.4. The van der Waals surface area contributed by atoms with Gasteiger partial charge in [-0.05, 0) is 40.2 Å². The van der Waals surface area contributed by atoms with E-state index in [4.69, 9.17) is 4.74 Å². The molecule has 3 atom stereocenters.